The monoisotopic (exact) mass is 543 g/mol. The number of hydrogen-bond donors (Lipinski definition) is 1. The third-order valence-corrected chi connectivity index (χ3v) is 8.21. The van der Waals surface area contributed by atoms with Crippen LogP contribution in [0.15, 0.2) is 140 Å². The standard InChI is InChI=1S/C37H25N3O2/c41-36-31-10-6-12-33(35(31)37(42)39(36)28-16-13-25(14-17-28)24-7-2-1-3-8-24)40-32-11-5-4-9-29(32)30-18-15-27(23-34(30)40)26-19-21-38-22-20-26/h1-23,36,41H. The minimum absolute atomic E-state index is 0.225. The van der Waals surface area contributed by atoms with Crippen molar-refractivity contribution in [2.45, 2.75) is 6.23 Å². The molecule has 0 saturated carbocycles. The van der Waals surface area contributed by atoms with Crippen LogP contribution in [0, 0.1) is 0 Å². The van der Waals surface area contributed by atoms with E-state index >= 15 is 0 Å². The van der Waals surface area contributed by atoms with Gasteiger partial charge in [-0.25, -0.2) is 0 Å². The van der Waals surface area contributed by atoms with E-state index < -0.39 is 6.23 Å². The van der Waals surface area contributed by atoms with Gasteiger partial charge in [0.2, 0.25) is 0 Å². The maximum Gasteiger partial charge on any atom is 0.263 e. The van der Waals surface area contributed by atoms with E-state index in [1.54, 1.807) is 12.4 Å². The number of para-hydroxylation sites is 1. The minimum Gasteiger partial charge on any atom is -0.369 e. The lowest BCUT2D eigenvalue weighted by Crippen LogP contribution is -2.27. The highest BCUT2D eigenvalue weighted by Gasteiger charge is 2.39. The van der Waals surface area contributed by atoms with Crippen LogP contribution < -0.4 is 4.90 Å². The van der Waals surface area contributed by atoms with Crippen molar-refractivity contribution in [1.29, 1.82) is 0 Å². The van der Waals surface area contributed by atoms with Crippen molar-refractivity contribution in [3.05, 3.63) is 151 Å². The summed E-state index contributed by atoms with van der Waals surface area (Å²) in [7, 11) is 0. The molecule has 1 unspecified atom stereocenters. The Morgan fingerprint density at radius 3 is 2.07 bits per heavy atom. The molecular formula is C37H25N3O2. The van der Waals surface area contributed by atoms with Crippen LogP contribution in [-0.2, 0) is 0 Å². The third kappa shape index (κ3) is 3.68. The molecule has 8 rings (SSSR count). The summed E-state index contributed by atoms with van der Waals surface area (Å²) < 4.78 is 2.15. The fourth-order valence-electron chi connectivity index (χ4n) is 6.22. The largest absolute Gasteiger partial charge is 0.369 e. The lowest BCUT2D eigenvalue weighted by molar-refractivity contribution is 0.0935. The van der Waals surface area contributed by atoms with Gasteiger partial charge in [0.15, 0.2) is 6.23 Å². The van der Waals surface area contributed by atoms with Gasteiger partial charge in [-0.1, -0.05) is 84.9 Å². The van der Waals surface area contributed by atoms with Crippen molar-refractivity contribution in [3.63, 3.8) is 0 Å². The Hall–Kier alpha value is -5.52. The molecule has 0 fully saturated rings. The van der Waals surface area contributed by atoms with Gasteiger partial charge >= 0.3 is 0 Å². The molecule has 0 bridgehead atoms. The van der Waals surface area contributed by atoms with Crippen LogP contribution in [0.1, 0.15) is 22.1 Å². The Balaban J connectivity index is 1.29. The second kappa shape index (κ2) is 9.54. The highest BCUT2D eigenvalue weighted by atomic mass is 16.3. The van der Waals surface area contributed by atoms with Crippen LogP contribution in [0.5, 0.6) is 0 Å². The summed E-state index contributed by atoms with van der Waals surface area (Å²) in [5, 5.41) is 13.7. The minimum atomic E-state index is -1.09. The molecule has 3 heterocycles. The molecule has 0 saturated heterocycles. The van der Waals surface area contributed by atoms with Crippen molar-refractivity contribution in [1.82, 2.24) is 9.55 Å². The SMILES string of the molecule is O=C1c2c(cccc2-n2c3ccccc3c3ccc(-c4ccncc4)cc32)C(O)N1c1ccc(-c2ccccc2)cc1. The molecule has 7 aromatic rings. The van der Waals surface area contributed by atoms with Gasteiger partial charge in [0.05, 0.1) is 22.3 Å². The van der Waals surface area contributed by atoms with Crippen LogP contribution in [0.4, 0.5) is 5.69 Å². The third-order valence-electron chi connectivity index (χ3n) is 8.21. The highest BCUT2D eigenvalue weighted by molar-refractivity contribution is 6.15. The maximum absolute atomic E-state index is 14.2. The molecule has 5 heteroatoms. The summed E-state index contributed by atoms with van der Waals surface area (Å²) >= 11 is 0. The Bertz CT molecular complexity index is 2120. The van der Waals surface area contributed by atoms with E-state index in [2.05, 4.69) is 52.0 Å². The Kier molecular flexibility index (Phi) is 5.52. The molecule has 1 aliphatic heterocycles. The van der Waals surface area contributed by atoms with Gasteiger partial charge < -0.3 is 9.67 Å². The summed E-state index contributed by atoms with van der Waals surface area (Å²) in [6.07, 6.45) is 2.50. The van der Waals surface area contributed by atoms with Gasteiger partial charge in [-0.05, 0) is 64.7 Å². The number of pyridine rings is 1. The van der Waals surface area contributed by atoms with E-state index in [0.29, 0.717) is 16.8 Å². The molecule has 0 radical (unpaired) electrons. The van der Waals surface area contributed by atoms with Crippen molar-refractivity contribution in [3.8, 4) is 27.9 Å². The van der Waals surface area contributed by atoms with Crippen LogP contribution in [0.25, 0.3) is 49.7 Å². The van der Waals surface area contributed by atoms with Gasteiger partial charge in [0, 0.05) is 34.4 Å². The molecule has 0 spiro atoms. The molecule has 1 atom stereocenters. The van der Waals surface area contributed by atoms with Crippen molar-refractivity contribution in [2.24, 2.45) is 0 Å². The van der Waals surface area contributed by atoms with Crippen LogP contribution in [0.2, 0.25) is 0 Å². The highest BCUT2D eigenvalue weighted by Crippen LogP contribution is 2.42. The Morgan fingerprint density at radius 2 is 1.26 bits per heavy atom. The smallest absolute Gasteiger partial charge is 0.263 e. The second-order valence-corrected chi connectivity index (χ2v) is 10.5. The Labute approximate surface area is 242 Å². The molecule has 5 aromatic carbocycles. The van der Waals surface area contributed by atoms with E-state index in [1.165, 1.54) is 4.90 Å². The number of aliphatic hydroxyl groups excluding tert-OH is 1. The first-order chi connectivity index (χ1) is 20.7. The molecule has 200 valence electrons. The van der Waals surface area contributed by atoms with E-state index in [-0.39, 0.29) is 5.91 Å². The predicted octanol–water partition coefficient (Wildman–Crippen LogP) is 8.16. The first-order valence-corrected chi connectivity index (χ1v) is 13.9. The number of amides is 1. The Morgan fingerprint density at radius 1 is 0.595 bits per heavy atom. The van der Waals surface area contributed by atoms with Crippen molar-refractivity contribution < 1.29 is 9.90 Å². The number of fused-ring (bicyclic) bond motifs is 4. The van der Waals surface area contributed by atoms with Gasteiger partial charge in [-0.2, -0.15) is 0 Å². The van der Waals surface area contributed by atoms with Gasteiger partial charge in [0.1, 0.15) is 0 Å². The lowest BCUT2D eigenvalue weighted by atomic mass is 10.0. The zero-order valence-corrected chi connectivity index (χ0v) is 22.6. The van der Waals surface area contributed by atoms with E-state index in [9.17, 15) is 9.90 Å². The van der Waals surface area contributed by atoms with Gasteiger partial charge in [-0.3, -0.25) is 14.7 Å². The van der Waals surface area contributed by atoms with Crippen molar-refractivity contribution in [2.75, 3.05) is 4.90 Å². The zero-order valence-electron chi connectivity index (χ0n) is 22.6. The van der Waals surface area contributed by atoms with Crippen LogP contribution in [-0.4, -0.2) is 20.6 Å². The summed E-state index contributed by atoms with van der Waals surface area (Å²) in [5.74, 6) is -0.225. The summed E-state index contributed by atoms with van der Waals surface area (Å²) in [6, 6.07) is 42.3. The number of anilines is 1. The first kappa shape index (κ1) is 24.3. The average molecular weight is 544 g/mol. The topological polar surface area (TPSA) is 58.4 Å². The van der Waals surface area contributed by atoms with E-state index in [0.717, 1.165) is 49.7 Å². The molecule has 2 aromatic heterocycles. The predicted molar refractivity (Wildman–Crippen MR) is 168 cm³/mol. The van der Waals surface area contributed by atoms with Crippen molar-refractivity contribution >= 4 is 33.4 Å². The van der Waals surface area contributed by atoms with Gasteiger partial charge in [-0.15, -0.1) is 0 Å². The number of carbonyl (C=O) groups is 1. The number of benzene rings is 5. The molecule has 42 heavy (non-hydrogen) atoms. The number of nitrogens with zero attached hydrogens (tertiary/aromatic N) is 3. The zero-order chi connectivity index (χ0) is 28.2. The fourth-order valence-corrected chi connectivity index (χ4v) is 6.22. The molecule has 0 aliphatic carbocycles. The molecule has 1 amide bonds. The summed E-state index contributed by atoms with van der Waals surface area (Å²) in [6.45, 7) is 0. The number of hydrogen-bond acceptors (Lipinski definition) is 3. The number of carbonyl (C=O) groups excluding carboxylic acids is 1. The molecule has 5 nitrogen and oxygen atoms in total. The van der Waals surface area contributed by atoms with E-state index in [4.69, 9.17) is 0 Å². The number of rotatable bonds is 4. The normalized spacial score (nSPS) is 14.5. The lowest BCUT2D eigenvalue weighted by Gasteiger charge is -2.21. The summed E-state index contributed by atoms with van der Waals surface area (Å²) in [4.78, 5) is 19.8. The molecule has 1 N–H and O–H groups in total. The molecular weight excluding hydrogens is 518 g/mol. The maximum atomic E-state index is 14.2. The van der Waals surface area contributed by atoms with Crippen LogP contribution >= 0.6 is 0 Å². The average Bonchev–Trinajstić information content (AvgIpc) is 3.52. The second-order valence-electron chi connectivity index (χ2n) is 10.5. The molecule has 1 aliphatic rings. The summed E-state index contributed by atoms with van der Waals surface area (Å²) in [5.41, 5.74) is 8.78. The fraction of sp³-hybridized carbons (Fsp3) is 0.0270. The number of aromatic nitrogens is 2. The van der Waals surface area contributed by atoms with Gasteiger partial charge in [0.25, 0.3) is 5.91 Å². The number of aliphatic hydroxyl groups is 1. The quantitative estimate of drug-likeness (QED) is 0.244. The van der Waals surface area contributed by atoms with E-state index in [1.807, 2.05) is 84.9 Å². The van der Waals surface area contributed by atoms with Crippen LogP contribution in [0.3, 0.4) is 0 Å². The first-order valence-electron chi connectivity index (χ1n) is 13.9.